The molecule has 1 aliphatic carbocycles. The Balaban J connectivity index is 1.75. The number of β-amino-alcohol motifs (C(OH)–C–C–N with tert-alkyl or cyclic N) is 1. The number of benzene rings is 1. The lowest BCUT2D eigenvalue weighted by atomic mass is 10.2. The third kappa shape index (κ3) is 4.23. The molecule has 1 saturated carbocycles. The first-order valence-electron chi connectivity index (χ1n) is 6.16. The van der Waals surface area contributed by atoms with E-state index in [1.807, 2.05) is 0 Å². The minimum Gasteiger partial charge on any atom is -0.489 e. The summed E-state index contributed by atoms with van der Waals surface area (Å²) in [6.07, 6.45) is 1.23. The molecule has 0 heterocycles. The van der Waals surface area contributed by atoms with Crippen LogP contribution in [0.3, 0.4) is 0 Å². The van der Waals surface area contributed by atoms with E-state index in [2.05, 4.69) is 5.32 Å². The molecule has 6 heteroatoms. The zero-order valence-corrected chi connectivity index (χ0v) is 11.9. The van der Waals surface area contributed by atoms with Crippen LogP contribution in [-0.2, 0) is 0 Å². The first kappa shape index (κ1) is 14.9. The van der Waals surface area contributed by atoms with Crippen LogP contribution in [0.15, 0.2) is 18.2 Å². The summed E-state index contributed by atoms with van der Waals surface area (Å²) in [6, 6.07) is 4.94. The monoisotopic (exact) mass is 305 g/mol. The molecule has 1 aromatic carbocycles. The van der Waals surface area contributed by atoms with Crippen LogP contribution in [0.2, 0.25) is 10.0 Å². The number of rotatable bonds is 7. The second kappa shape index (κ2) is 6.29. The van der Waals surface area contributed by atoms with E-state index in [0.717, 1.165) is 12.8 Å². The Morgan fingerprint density at radius 3 is 2.68 bits per heavy atom. The van der Waals surface area contributed by atoms with E-state index in [1.165, 1.54) is 0 Å². The van der Waals surface area contributed by atoms with E-state index in [-0.39, 0.29) is 18.8 Å². The molecule has 3 N–H and O–H groups in total. The number of hydrogen-bond acceptors (Lipinski definition) is 4. The van der Waals surface area contributed by atoms with Gasteiger partial charge in [-0.2, -0.15) is 0 Å². The van der Waals surface area contributed by atoms with Crippen molar-refractivity contribution >= 4 is 23.2 Å². The summed E-state index contributed by atoms with van der Waals surface area (Å²) in [6.45, 7) is 0.616. The van der Waals surface area contributed by atoms with Crippen LogP contribution < -0.4 is 10.1 Å². The molecule has 4 nitrogen and oxygen atoms in total. The third-order valence-electron chi connectivity index (χ3n) is 3.19. The van der Waals surface area contributed by atoms with Gasteiger partial charge in [0.2, 0.25) is 0 Å². The van der Waals surface area contributed by atoms with E-state index in [4.69, 9.17) is 33.0 Å². The molecule has 0 saturated heterocycles. The van der Waals surface area contributed by atoms with Crippen LogP contribution in [0.5, 0.6) is 5.75 Å². The summed E-state index contributed by atoms with van der Waals surface area (Å²) in [5.74, 6) is 0.494. The summed E-state index contributed by atoms with van der Waals surface area (Å²) in [7, 11) is 0. The Kier molecular flexibility index (Phi) is 4.92. The number of ether oxygens (including phenoxy) is 1. The summed E-state index contributed by atoms with van der Waals surface area (Å²) in [4.78, 5) is 0. The van der Waals surface area contributed by atoms with E-state index in [9.17, 15) is 5.11 Å². The highest BCUT2D eigenvalue weighted by Crippen LogP contribution is 2.34. The number of aliphatic hydroxyl groups is 2. The normalized spacial score (nSPS) is 18.1. The number of hydrogen-bond donors (Lipinski definition) is 3. The van der Waals surface area contributed by atoms with E-state index < -0.39 is 6.10 Å². The van der Waals surface area contributed by atoms with Crippen molar-refractivity contribution in [3.63, 3.8) is 0 Å². The lowest BCUT2D eigenvalue weighted by Gasteiger charge is -2.18. The van der Waals surface area contributed by atoms with Gasteiger partial charge in [-0.05, 0) is 31.0 Å². The fourth-order valence-electron chi connectivity index (χ4n) is 1.71. The molecule has 1 aromatic rings. The van der Waals surface area contributed by atoms with E-state index in [1.54, 1.807) is 18.2 Å². The SMILES string of the molecule is OCC1(NCC(O)COc2ccc(Cl)cc2Cl)CC1. The molecule has 0 radical (unpaired) electrons. The van der Waals surface area contributed by atoms with Crippen LogP contribution in [0.25, 0.3) is 0 Å². The summed E-state index contributed by atoms with van der Waals surface area (Å²) in [5.41, 5.74) is -0.182. The maximum atomic E-state index is 9.80. The molecule has 1 fully saturated rings. The van der Waals surface area contributed by atoms with Crippen molar-refractivity contribution < 1.29 is 14.9 Å². The quantitative estimate of drug-likeness (QED) is 0.719. The van der Waals surface area contributed by atoms with Crippen molar-refractivity contribution in [1.29, 1.82) is 0 Å². The second-order valence-corrected chi connectivity index (χ2v) is 5.70. The Hall–Kier alpha value is -0.520. The topological polar surface area (TPSA) is 61.7 Å². The Morgan fingerprint density at radius 2 is 2.11 bits per heavy atom. The molecule has 0 amide bonds. The molecule has 0 aromatic heterocycles. The van der Waals surface area contributed by atoms with Crippen LogP contribution in [0, 0.1) is 0 Å². The van der Waals surface area contributed by atoms with Gasteiger partial charge in [0.25, 0.3) is 0 Å². The highest BCUT2D eigenvalue weighted by molar-refractivity contribution is 6.35. The highest BCUT2D eigenvalue weighted by atomic mass is 35.5. The fraction of sp³-hybridized carbons (Fsp3) is 0.538. The zero-order valence-electron chi connectivity index (χ0n) is 10.4. The molecular formula is C13H17Cl2NO3. The van der Waals surface area contributed by atoms with Crippen molar-refractivity contribution in [2.24, 2.45) is 0 Å². The van der Waals surface area contributed by atoms with Gasteiger partial charge in [0, 0.05) is 17.1 Å². The Bertz CT molecular complexity index is 438. The average molecular weight is 306 g/mol. The average Bonchev–Trinajstić information content (AvgIpc) is 3.16. The highest BCUT2D eigenvalue weighted by Gasteiger charge is 2.41. The van der Waals surface area contributed by atoms with Crippen LogP contribution in [0.1, 0.15) is 12.8 Å². The van der Waals surface area contributed by atoms with Gasteiger partial charge in [0.05, 0.1) is 11.6 Å². The van der Waals surface area contributed by atoms with Crippen molar-refractivity contribution in [3.05, 3.63) is 28.2 Å². The van der Waals surface area contributed by atoms with Crippen LogP contribution in [0.4, 0.5) is 0 Å². The van der Waals surface area contributed by atoms with Gasteiger partial charge in [-0.1, -0.05) is 23.2 Å². The van der Waals surface area contributed by atoms with Gasteiger partial charge in [-0.3, -0.25) is 0 Å². The van der Waals surface area contributed by atoms with Gasteiger partial charge >= 0.3 is 0 Å². The fourth-order valence-corrected chi connectivity index (χ4v) is 2.18. The zero-order chi connectivity index (χ0) is 13.9. The largest absolute Gasteiger partial charge is 0.489 e. The van der Waals surface area contributed by atoms with E-state index >= 15 is 0 Å². The summed E-state index contributed by atoms with van der Waals surface area (Å²) >= 11 is 11.7. The molecule has 0 bridgehead atoms. The van der Waals surface area contributed by atoms with Crippen molar-refractivity contribution in [2.45, 2.75) is 24.5 Å². The maximum absolute atomic E-state index is 9.80. The van der Waals surface area contributed by atoms with Gasteiger partial charge in [0.1, 0.15) is 18.5 Å². The molecular weight excluding hydrogens is 289 g/mol. The van der Waals surface area contributed by atoms with Crippen LogP contribution in [-0.4, -0.2) is 41.6 Å². The lowest BCUT2D eigenvalue weighted by molar-refractivity contribution is 0.0979. The molecule has 1 aliphatic rings. The van der Waals surface area contributed by atoms with Crippen molar-refractivity contribution in [2.75, 3.05) is 19.8 Å². The summed E-state index contributed by atoms with van der Waals surface area (Å²) < 4.78 is 5.43. The van der Waals surface area contributed by atoms with Crippen molar-refractivity contribution in [3.8, 4) is 5.75 Å². The Morgan fingerprint density at radius 1 is 1.37 bits per heavy atom. The third-order valence-corrected chi connectivity index (χ3v) is 3.72. The van der Waals surface area contributed by atoms with Gasteiger partial charge in [-0.15, -0.1) is 0 Å². The smallest absolute Gasteiger partial charge is 0.138 e. The molecule has 0 spiro atoms. The second-order valence-electron chi connectivity index (χ2n) is 4.86. The number of halogens is 2. The van der Waals surface area contributed by atoms with Crippen molar-refractivity contribution in [1.82, 2.24) is 5.32 Å². The predicted octanol–water partition coefficient (Wildman–Crippen LogP) is 1.85. The minimum absolute atomic E-state index is 0.101. The molecule has 1 unspecified atom stereocenters. The van der Waals surface area contributed by atoms with E-state index in [0.29, 0.717) is 22.3 Å². The molecule has 2 rings (SSSR count). The molecule has 0 aliphatic heterocycles. The molecule has 1 atom stereocenters. The Labute approximate surface area is 122 Å². The van der Waals surface area contributed by atoms with Gasteiger partial charge in [0.15, 0.2) is 0 Å². The van der Waals surface area contributed by atoms with Crippen LogP contribution >= 0.6 is 23.2 Å². The number of nitrogens with one attached hydrogen (secondary N) is 1. The molecule has 19 heavy (non-hydrogen) atoms. The first-order chi connectivity index (χ1) is 9.04. The van der Waals surface area contributed by atoms with Gasteiger partial charge in [-0.25, -0.2) is 0 Å². The molecule has 106 valence electrons. The number of aliphatic hydroxyl groups excluding tert-OH is 2. The first-order valence-corrected chi connectivity index (χ1v) is 6.92. The standard InChI is InChI=1S/C13H17Cl2NO3/c14-9-1-2-12(11(15)5-9)19-7-10(18)6-16-13(8-17)3-4-13/h1-2,5,10,16-18H,3-4,6-8H2. The summed E-state index contributed by atoms with van der Waals surface area (Å²) in [5, 5.41) is 23.0. The van der Waals surface area contributed by atoms with Gasteiger partial charge < -0.3 is 20.3 Å². The predicted molar refractivity (Wildman–Crippen MR) is 75.0 cm³/mol. The minimum atomic E-state index is -0.657. The lowest BCUT2D eigenvalue weighted by Crippen LogP contribution is -2.41. The maximum Gasteiger partial charge on any atom is 0.138 e.